The maximum atomic E-state index is 10.7. The normalized spacial score (nSPS) is 10.4. The molecule has 0 amide bonds. The van der Waals surface area contributed by atoms with E-state index in [-0.39, 0.29) is 0 Å². The molecule has 15 heavy (non-hydrogen) atoms. The average Bonchev–Trinajstić information content (AvgIpc) is 2.19. The first kappa shape index (κ1) is 11.7. The number of ether oxygens (including phenoxy) is 1. The van der Waals surface area contributed by atoms with Crippen LogP contribution in [-0.4, -0.2) is 17.9 Å². The van der Waals surface area contributed by atoms with Gasteiger partial charge in [-0.05, 0) is 31.4 Å². The topological polar surface area (TPSA) is 39.2 Å². The second-order valence-electron chi connectivity index (χ2n) is 3.98. The molecule has 0 spiro atoms. The van der Waals surface area contributed by atoms with Crippen LogP contribution < -0.4 is 4.74 Å². The quantitative estimate of drug-likeness (QED) is 0.697. The lowest BCUT2D eigenvalue weighted by Gasteiger charge is -2.09. The molecule has 3 heteroatoms. The second-order valence-corrected chi connectivity index (χ2v) is 3.98. The van der Waals surface area contributed by atoms with Crippen molar-refractivity contribution in [3.8, 4) is 5.75 Å². The molecular formula is C12H17NO2. The molecule has 1 aromatic heterocycles. The largest absolute Gasteiger partial charge is 0.491 e. The molecule has 0 saturated carbocycles. The summed E-state index contributed by atoms with van der Waals surface area (Å²) in [6.45, 7) is 6.75. The highest BCUT2D eigenvalue weighted by Crippen LogP contribution is 2.15. The number of aldehydes is 1. The summed E-state index contributed by atoms with van der Waals surface area (Å²) in [5.74, 6) is 1.18. The first-order valence-corrected chi connectivity index (χ1v) is 5.19. The molecule has 0 aliphatic rings. The SMILES string of the molecule is Cc1ccc(OCCC(C)C)c(C=O)n1. The van der Waals surface area contributed by atoms with Gasteiger partial charge < -0.3 is 4.74 Å². The molecule has 3 nitrogen and oxygen atoms in total. The summed E-state index contributed by atoms with van der Waals surface area (Å²) in [6.07, 6.45) is 1.71. The van der Waals surface area contributed by atoms with Crippen molar-refractivity contribution in [3.05, 3.63) is 23.5 Å². The number of pyridine rings is 1. The van der Waals surface area contributed by atoms with E-state index in [0.717, 1.165) is 18.4 Å². The number of rotatable bonds is 5. The van der Waals surface area contributed by atoms with E-state index in [2.05, 4.69) is 18.8 Å². The Hall–Kier alpha value is -1.38. The summed E-state index contributed by atoms with van der Waals surface area (Å²) in [5, 5.41) is 0. The van der Waals surface area contributed by atoms with E-state index in [1.54, 1.807) is 6.07 Å². The summed E-state index contributed by atoms with van der Waals surface area (Å²) >= 11 is 0. The number of carbonyl (C=O) groups excluding carboxylic acids is 1. The maximum Gasteiger partial charge on any atom is 0.172 e. The van der Waals surface area contributed by atoms with E-state index in [4.69, 9.17) is 4.74 Å². The van der Waals surface area contributed by atoms with Crippen LogP contribution in [0.4, 0.5) is 0 Å². The van der Waals surface area contributed by atoms with E-state index in [1.165, 1.54) is 0 Å². The number of aryl methyl sites for hydroxylation is 1. The molecule has 0 aromatic carbocycles. The third-order valence-electron chi connectivity index (χ3n) is 2.09. The monoisotopic (exact) mass is 207 g/mol. The van der Waals surface area contributed by atoms with E-state index < -0.39 is 0 Å². The molecule has 0 saturated heterocycles. The molecule has 0 fully saturated rings. The standard InChI is InChI=1S/C12H17NO2/c1-9(2)6-7-15-12-5-4-10(3)13-11(12)8-14/h4-5,8-9H,6-7H2,1-3H3. The minimum Gasteiger partial charge on any atom is -0.491 e. The number of hydrogen-bond donors (Lipinski definition) is 0. The number of carbonyl (C=O) groups is 1. The predicted molar refractivity (Wildman–Crippen MR) is 59.3 cm³/mol. The van der Waals surface area contributed by atoms with Crippen molar-refractivity contribution < 1.29 is 9.53 Å². The van der Waals surface area contributed by atoms with Gasteiger partial charge in [-0.3, -0.25) is 4.79 Å². The van der Waals surface area contributed by atoms with Crippen molar-refractivity contribution in [3.63, 3.8) is 0 Å². The Morgan fingerprint density at radius 1 is 1.47 bits per heavy atom. The fourth-order valence-electron chi connectivity index (χ4n) is 1.18. The average molecular weight is 207 g/mol. The minimum absolute atomic E-state index is 0.388. The van der Waals surface area contributed by atoms with Gasteiger partial charge in [0.1, 0.15) is 11.4 Å². The van der Waals surface area contributed by atoms with Gasteiger partial charge in [0.15, 0.2) is 6.29 Å². The lowest BCUT2D eigenvalue weighted by Crippen LogP contribution is -2.04. The lowest BCUT2D eigenvalue weighted by molar-refractivity contribution is 0.111. The van der Waals surface area contributed by atoms with Gasteiger partial charge in [-0.1, -0.05) is 13.8 Å². The highest BCUT2D eigenvalue weighted by atomic mass is 16.5. The van der Waals surface area contributed by atoms with Crippen molar-refractivity contribution in [2.24, 2.45) is 5.92 Å². The van der Waals surface area contributed by atoms with E-state index in [1.807, 2.05) is 13.0 Å². The Labute approximate surface area is 90.5 Å². The van der Waals surface area contributed by atoms with Gasteiger partial charge in [-0.15, -0.1) is 0 Å². The van der Waals surface area contributed by atoms with Crippen LogP contribution in [0.15, 0.2) is 12.1 Å². The molecule has 0 atom stereocenters. The van der Waals surface area contributed by atoms with Gasteiger partial charge in [-0.25, -0.2) is 4.98 Å². The minimum atomic E-state index is 0.388. The van der Waals surface area contributed by atoms with Crippen molar-refractivity contribution in [2.45, 2.75) is 27.2 Å². The third kappa shape index (κ3) is 3.70. The predicted octanol–water partition coefficient (Wildman–Crippen LogP) is 2.63. The Balaban J connectivity index is 2.64. The van der Waals surface area contributed by atoms with Crippen LogP contribution >= 0.6 is 0 Å². The molecule has 0 aliphatic heterocycles. The van der Waals surface area contributed by atoms with E-state index in [9.17, 15) is 4.79 Å². The van der Waals surface area contributed by atoms with Crippen LogP contribution in [0.5, 0.6) is 5.75 Å². The number of aromatic nitrogens is 1. The van der Waals surface area contributed by atoms with Gasteiger partial charge in [0, 0.05) is 5.69 Å². The van der Waals surface area contributed by atoms with Crippen molar-refractivity contribution >= 4 is 6.29 Å². The Bertz CT molecular complexity index is 334. The molecule has 0 unspecified atom stereocenters. The molecule has 1 aromatic rings. The lowest BCUT2D eigenvalue weighted by atomic mass is 10.1. The highest BCUT2D eigenvalue weighted by molar-refractivity contribution is 5.76. The Morgan fingerprint density at radius 3 is 2.80 bits per heavy atom. The van der Waals surface area contributed by atoms with Crippen LogP contribution in [-0.2, 0) is 0 Å². The summed E-state index contributed by atoms with van der Waals surface area (Å²) < 4.78 is 5.50. The molecular weight excluding hydrogens is 190 g/mol. The van der Waals surface area contributed by atoms with E-state index in [0.29, 0.717) is 24.0 Å². The van der Waals surface area contributed by atoms with Crippen molar-refractivity contribution in [1.82, 2.24) is 4.98 Å². The summed E-state index contributed by atoms with van der Waals surface area (Å²) in [6, 6.07) is 3.64. The van der Waals surface area contributed by atoms with Gasteiger partial charge in [-0.2, -0.15) is 0 Å². The van der Waals surface area contributed by atoms with Crippen LogP contribution in [0.3, 0.4) is 0 Å². The van der Waals surface area contributed by atoms with E-state index >= 15 is 0 Å². The van der Waals surface area contributed by atoms with Crippen LogP contribution in [0.25, 0.3) is 0 Å². The molecule has 0 aliphatic carbocycles. The fraction of sp³-hybridized carbons (Fsp3) is 0.500. The molecule has 1 rings (SSSR count). The Kier molecular flexibility index (Phi) is 4.28. The third-order valence-corrected chi connectivity index (χ3v) is 2.09. The summed E-state index contributed by atoms with van der Waals surface area (Å²) in [4.78, 5) is 14.8. The zero-order valence-electron chi connectivity index (χ0n) is 9.49. The maximum absolute atomic E-state index is 10.7. The van der Waals surface area contributed by atoms with Crippen molar-refractivity contribution in [2.75, 3.05) is 6.61 Å². The molecule has 1 heterocycles. The van der Waals surface area contributed by atoms with Crippen LogP contribution in [0.1, 0.15) is 36.5 Å². The van der Waals surface area contributed by atoms with Crippen LogP contribution in [0.2, 0.25) is 0 Å². The molecule has 0 radical (unpaired) electrons. The first-order chi connectivity index (χ1) is 7.13. The van der Waals surface area contributed by atoms with Gasteiger partial charge >= 0.3 is 0 Å². The van der Waals surface area contributed by atoms with Crippen LogP contribution in [0, 0.1) is 12.8 Å². The molecule has 82 valence electrons. The molecule has 0 bridgehead atoms. The van der Waals surface area contributed by atoms with Gasteiger partial charge in [0.05, 0.1) is 6.61 Å². The highest BCUT2D eigenvalue weighted by Gasteiger charge is 2.04. The summed E-state index contributed by atoms with van der Waals surface area (Å²) in [5.41, 5.74) is 1.21. The van der Waals surface area contributed by atoms with Gasteiger partial charge in [0.2, 0.25) is 0 Å². The zero-order valence-corrected chi connectivity index (χ0v) is 9.49. The second kappa shape index (κ2) is 5.49. The fourth-order valence-corrected chi connectivity index (χ4v) is 1.18. The molecule has 0 N–H and O–H groups in total. The smallest absolute Gasteiger partial charge is 0.172 e. The number of hydrogen-bond acceptors (Lipinski definition) is 3. The zero-order chi connectivity index (χ0) is 11.3. The summed E-state index contributed by atoms with van der Waals surface area (Å²) in [7, 11) is 0. The Morgan fingerprint density at radius 2 is 2.20 bits per heavy atom. The van der Waals surface area contributed by atoms with Gasteiger partial charge in [0.25, 0.3) is 0 Å². The first-order valence-electron chi connectivity index (χ1n) is 5.19. The van der Waals surface area contributed by atoms with Crippen molar-refractivity contribution in [1.29, 1.82) is 0 Å². The number of nitrogens with zero attached hydrogens (tertiary/aromatic N) is 1.